The Kier molecular flexibility index (Phi) is 4.66. The maximum Gasteiger partial charge on any atom is 0.255 e. The minimum absolute atomic E-state index is 0.0279. The van der Waals surface area contributed by atoms with Crippen LogP contribution in [0.5, 0.6) is 0 Å². The summed E-state index contributed by atoms with van der Waals surface area (Å²) in [6, 6.07) is 7.38. The molecular formula is C19H21N7O2. The molecule has 3 aromatic heterocycles. The van der Waals surface area contributed by atoms with Crippen molar-refractivity contribution in [2.75, 3.05) is 19.7 Å². The smallest absolute Gasteiger partial charge is 0.255 e. The van der Waals surface area contributed by atoms with Crippen molar-refractivity contribution in [2.24, 2.45) is 16.7 Å². The molecular weight excluding hydrogens is 358 g/mol. The van der Waals surface area contributed by atoms with Crippen LogP contribution in [0.2, 0.25) is 0 Å². The highest BCUT2D eigenvalue weighted by atomic mass is 16.5. The Bertz CT molecular complexity index is 1040. The van der Waals surface area contributed by atoms with Gasteiger partial charge in [0, 0.05) is 30.9 Å². The molecule has 0 spiro atoms. The summed E-state index contributed by atoms with van der Waals surface area (Å²) in [5, 5.41) is 4.31. The van der Waals surface area contributed by atoms with E-state index >= 15 is 0 Å². The molecule has 3 aromatic rings. The minimum atomic E-state index is -0.0279. The molecule has 4 N–H and O–H groups in total. The molecule has 1 amide bonds. The molecule has 4 rings (SSSR count). The number of fused-ring (bicyclic) bond motifs is 1. The number of carbonyl (C=O) groups is 1. The molecule has 0 radical (unpaired) electrons. The van der Waals surface area contributed by atoms with Crippen LogP contribution >= 0.6 is 0 Å². The minimum Gasteiger partial charge on any atom is -0.380 e. The van der Waals surface area contributed by atoms with Gasteiger partial charge in [-0.1, -0.05) is 0 Å². The van der Waals surface area contributed by atoms with Gasteiger partial charge in [-0.25, -0.2) is 4.98 Å². The third kappa shape index (κ3) is 3.27. The monoisotopic (exact) mass is 379 g/mol. The molecule has 1 unspecified atom stereocenters. The summed E-state index contributed by atoms with van der Waals surface area (Å²) in [6.45, 7) is 3.70. The SMILES string of the molecule is CC1CN(C(=O)c2cnc3c(ccn3-c3ccc(/C(N)=N/N)nc3)c2)CCO1. The van der Waals surface area contributed by atoms with E-state index in [0.717, 1.165) is 16.7 Å². The van der Waals surface area contributed by atoms with Gasteiger partial charge in [0.15, 0.2) is 5.84 Å². The van der Waals surface area contributed by atoms with E-state index in [4.69, 9.17) is 16.3 Å². The highest BCUT2D eigenvalue weighted by Crippen LogP contribution is 2.20. The molecule has 28 heavy (non-hydrogen) atoms. The van der Waals surface area contributed by atoms with E-state index in [0.29, 0.717) is 31.0 Å². The van der Waals surface area contributed by atoms with Gasteiger partial charge in [-0.3, -0.25) is 14.3 Å². The van der Waals surface area contributed by atoms with Crippen LogP contribution in [0.1, 0.15) is 23.0 Å². The van der Waals surface area contributed by atoms with Crippen LogP contribution in [0, 0.1) is 0 Å². The van der Waals surface area contributed by atoms with Gasteiger partial charge in [-0.2, -0.15) is 5.10 Å². The zero-order chi connectivity index (χ0) is 19.7. The molecule has 0 aromatic carbocycles. The first-order valence-electron chi connectivity index (χ1n) is 8.95. The molecule has 0 aliphatic carbocycles. The van der Waals surface area contributed by atoms with E-state index in [-0.39, 0.29) is 17.8 Å². The standard InChI is InChI=1S/C19H21N7O2/c1-12-11-25(6-7-28-12)19(27)14-8-13-4-5-26(18(13)23-9-14)15-2-3-16(22-10-15)17(20)24-21/h2-5,8-10,12H,6-7,11,21H2,1H3,(H2,20,24). The number of hydrogen-bond donors (Lipinski definition) is 2. The normalized spacial score (nSPS) is 17.8. The van der Waals surface area contributed by atoms with Gasteiger partial charge in [0.1, 0.15) is 11.3 Å². The van der Waals surface area contributed by atoms with Crippen LogP contribution < -0.4 is 11.6 Å². The molecule has 1 fully saturated rings. The highest BCUT2D eigenvalue weighted by Gasteiger charge is 2.23. The van der Waals surface area contributed by atoms with Gasteiger partial charge >= 0.3 is 0 Å². The molecule has 4 heterocycles. The molecule has 1 atom stereocenters. The van der Waals surface area contributed by atoms with E-state index in [2.05, 4.69) is 15.1 Å². The van der Waals surface area contributed by atoms with Crippen molar-refractivity contribution < 1.29 is 9.53 Å². The second-order valence-corrected chi connectivity index (χ2v) is 6.67. The number of rotatable bonds is 3. The van der Waals surface area contributed by atoms with Gasteiger partial charge in [0.05, 0.1) is 30.2 Å². The number of pyridine rings is 2. The van der Waals surface area contributed by atoms with Crippen molar-refractivity contribution in [3.8, 4) is 5.69 Å². The van der Waals surface area contributed by atoms with Crippen molar-refractivity contribution in [1.82, 2.24) is 19.4 Å². The lowest BCUT2D eigenvalue weighted by atomic mass is 10.2. The first kappa shape index (κ1) is 17.9. The fourth-order valence-corrected chi connectivity index (χ4v) is 3.28. The number of amides is 1. The molecule has 0 saturated carbocycles. The summed E-state index contributed by atoms with van der Waals surface area (Å²) >= 11 is 0. The number of amidine groups is 1. The average molecular weight is 379 g/mol. The number of hydrazone groups is 1. The van der Waals surface area contributed by atoms with Gasteiger partial charge in [0.2, 0.25) is 0 Å². The number of morpholine rings is 1. The number of nitrogens with zero attached hydrogens (tertiary/aromatic N) is 5. The molecule has 1 aliphatic rings. The van der Waals surface area contributed by atoms with Crippen LogP contribution in [0.15, 0.2) is 48.0 Å². The Hall–Kier alpha value is -3.46. The number of aromatic nitrogens is 3. The predicted octanol–water partition coefficient (Wildman–Crippen LogP) is 0.860. The summed E-state index contributed by atoms with van der Waals surface area (Å²) in [5.74, 6) is 5.32. The number of hydrogen-bond acceptors (Lipinski definition) is 6. The topological polar surface area (TPSA) is 125 Å². The Morgan fingerprint density at radius 2 is 2.14 bits per heavy atom. The molecule has 1 saturated heterocycles. The quantitative estimate of drug-likeness (QED) is 0.301. The third-order valence-corrected chi connectivity index (χ3v) is 4.73. The Labute approximate surface area is 161 Å². The van der Waals surface area contributed by atoms with Gasteiger partial charge in [-0.15, -0.1) is 0 Å². The first-order valence-corrected chi connectivity index (χ1v) is 8.95. The Balaban J connectivity index is 1.62. The average Bonchev–Trinajstić information content (AvgIpc) is 3.16. The number of ether oxygens (including phenoxy) is 1. The zero-order valence-electron chi connectivity index (χ0n) is 15.4. The second-order valence-electron chi connectivity index (χ2n) is 6.67. The van der Waals surface area contributed by atoms with Crippen LogP contribution in [-0.4, -0.2) is 57.0 Å². The van der Waals surface area contributed by atoms with E-state index < -0.39 is 0 Å². The molecule has 0 bridgehead atoms. The lowest BCUT2D eigenvalue weighted by molar-refractivity contribution is -0.0124. The van der Waals surface area contributed by atoms with Crippen molar-refractivity contribution >= 4 is 22.8 Å². The van der Waals surface area contributed by atoms with Crippen LogP contribution in [0.3, 0.4) is 0 Å². The number of nitrogens with two attached hydrogens (primary N) is 2. The first-order chi connectivity index (χ1) is 13.6. The summed E-state index contributed by atoms with van der Waals surface area (Å²) in [7, 11) is 0. The van der Waals surface area contributed by atoms with Crippen LogP contribution in [-0.2, 0) is 4.74 Å². The largest absolute Gasteiger partial charge is 0.380 e. The van der Waals surface area contributed by atoms with Crippen LogP contribution in [0.4, 0.5) is 0 Å². The fourth-order valence-electron chi connectivity index (χ4n) is 3.28. The summed E-state index contributed by atoms with van der Waals surface area (Å²) in [5.41, 5.74) is 8.30. The van der Waals surface area contributed by atoms with E-state index in [9.17, 15) is 4.79 Å². The van der Waals surface area contributed by atoms with E-state index in [1.165, 1.54) is 0 Å². The number of carbonyl (C=O) groups excluding carboxylic acids is 1. The van der Waals surface area contributed by atoms with Crippen molar-refractivity contribution in [1.29, 1.82) is 0 Å². The van der Waals surface area contributed by atoms with Crippen molar-refractivity contribution in [3.05, 3.63) is 54.1 Å². The molecule has 1 aliphatic heterocycles. The predicted molar refractivity (Wildman–Crippen MR) is 105 cm³/mol. The van der Waals surface area contributed by atoms with Gasteiger partial charge in [-0.05, 0) is 31.2 Å². The highest BCUT2D eigenvalue weighted by molar-refractivity contribution is 5.97. The summed E-state index contributed by atoms with van der Waals surface area (Å²) in [6.07, 6.45) is 5.22. The lowest BCUT2D eigenvalue weighted by Crippen LogP contribution is -2.44. The maximum atomic E-state index is 12.8. The zero-order valence-corrected chi connectivity index (χ0v) is 15.4. The Morgan fingerprint density at radius 1 is 1.29 bits per heavy atom. The van der Waals surface area contributed by atoms with Crippen LogP contribution in [0.25, 0.3) is 16.7 Å². The molecule has 144 valence electrons. The van der Waals surface area contributed by atoms with Gasteiger partial charge < -0.3 is 21.2 Å². The van der Waals surface area contributed by atoms with Crippen molar-refractivity contribution in [2.45, 2.75) is 13.0 Å². The third-order valence-electron chi connectivity index (χ3n) is 4.73. The maximum absolute atomic E-state index is 12.8. The molecule has 9 heteroatoms. The Morgan fingerprint density at radius 3 is 2.86 bits per heavy atom. The fraction of sp³-hybridized carbons (Fsp3) is 0.263. The lowest BCUT2D eigenvalue weighted by Gasteiger charge is -2.31. The van der Waals surface area contributed by atoms with E-state index in [1.807, 2.05) is 35.9 Å². The molecule has 9 nitrogen and oxygen atoms in total. The van der Waals surface area contributed by atoms with Gasteiger partial charge in [0.25, 0.3) is 5.91 Å². The van der Waals surface area contributed by atoms with Crippen molar-refractivity contribution in [3.63, 3.8) is 0 Å². The van der Waals surface area contributed by atoms with E-state index in [1.54, 1.807) is 23.4 Å². The second kappa shape index (κ2) is 7.28. The summed E-state index contributed by atoms with van der Waals surface area (Å²) < 4.78 is 7.40. The summed E-state index contributed by atoms with van der Waals surface area (Å²) in [4.78, 5) is 23.4.